The van der Waals surface area contributed by atoms with E-state index in [0.29, 0.717) is 17.5 Å². The maximum atomic E-state index is 5.32. The largest absolute Gasteiger partial charge is 0.208 e. The highest BCUT2D eigenvalue weighted by atomic mass is 32.1. The number of hydrogen-bond acceptors (Lipinski definition) is 4. The first-order valence-electron chi connectivity index (χ1n) is 19.2. The van der Waals surface area contributed by atoms with Crippen molar-refractivity contribution in [2.45, 2.75) is 0 Å². The third-order valence-electron chi connectivity index (χ3n) is 11.0. The summed E-state index contributed by atoms with van der Waals surface area (Å²) in [7, 11) is 0. The van der Waals surface area contributed by atoms with Crippen molar-refractivity contribution >= 4 is 53.1 Å². The van der Waals surface area contributed by atoms with E-state index in [1.807, 2.05) is 18.2 Å². The molecule has 0 bridgehead atoms. The standard InChI is InChI=1S/C53H33N3S/c1-3-16-34(17-4-1)37-21-9-10-23-39(37)43-31-30-35-18-7-8-22-38(35)49(43)44-32-33-46(41-25-12-11-24-40(41)44)52-54-51(36-19-5-2-6-20-36)55-53(56-52)47-28-15-27-45-42-26-13-14-29-48(42)57-50(45)47/h1-33H. The summed E-state index contributed by atoms with van der Waals surface area (Å²) in [5.74, 6) is 1.96. The zero-order valence-corrected chi connectivity index (χ0v) is 31.6. The van der Waals surface area contributed by atoms with Crippen molar-refractivity contribution in [3.8, 4) is 67.5 Å². The van der Waals surface area contributed by atoms with Gasteiger partial charge in [0.1, 0.15) is 0 Å². The molecule has 0 unspecified atom stereocenters. The highest BCUT2D eigenvalue weighted by Crippen LogP contribution is 2.46. The molecule has 0 aliphatic rings. The van der Waals surface area contributed by atoms with E-state index in [9.17, 15) is 0 Å². The Morgan fingerprint density at radius 1 is 0.281 bits per heavy atom. The first-order valence-corrected chi connectivity index (χ1v) is 20.0. The van der Waals surface area contributed by atoms with Crippen molar-refractivity contribution < 1.29 is 0 Å². The highest BCUT2D eigenvalue weighted by molar-refractivity contribution is 7.26. The van der Waals surface area contributed by atoms with Gasteiger partial charge in [0, 0.05) is 36.9 Å². The van der Waals surface area contributed by atoms with Gasteiger partial charge in [-0.05, 0) is 73.1 Å². The van der Waals surface area contributed by atoms with Crippen molar-refractivity contribution in [1.82, 2.24) is 15.0 Å². The third-order valence-corrected chi connectivity index (χ3v) is 12.2. The Hall–Kier alpha value is -7.27. The first-order chi connectivity index (χ1) is 28.3. The molecule has 2 heterocycles. The number of benzene rings is 9. The normalized spacial score (nSPS) is 11.5. The minimum atomic E-state index is 0.646. The molecular formula is C53H33N3S. The Morgan fingerprint density at radius 2 is 0.807 bits per heavy atom. The van der Waals surface area contributed by atoms with Crippen molar-refractivity contribution in [3.63, 3.8) is 0 Å². The van der Waals surface area contributed by atoms with Crippen LogP contribution in [0.15, 0.2) is 200 Å². The molecule has 0 spiro atoms. The van der Waals surface area contributed by atoms with Gasteiger partial charge < -0.3 is 0 Å². The van der Waals surface area contributed by atoms with Gasteiger partial charge in [0.25, 0.3) is 0 Å². The van der Waals surface area contributed by atoms with E-state index in [1.54, 1.807) is 11.3 Å². The molecule has 11 aromatic rings. The van der Waals surface area contributed by atoms with Crippen molar-refractivity contribution in [2.75, 3.05) is 0 Å². The molecule has 57 heavy (non-hydrogen) atoms. The van der Waals surface area contributed by atoms with Gasteiger partial charge in [-0.25, -0.2) is 15.0 Å². The smallest absolute Gasteiger partial charge is 0.165 e. The molecule has 0 saturated heterocycles. The molecular weight excluding hydrogens is 711 g/mol. The van der Waals surface area contributed by atoms with E-state index in [1.165, 1.54) is 58.8 Å². The summed E-state index contributed by atoms with van der Waals surface area (Å²) < 4.78 is 2.42. The zero-order valence-electron chi connectivity index (χ0n) is 30.8. The van der Waals surface area contributed by atoms with Crippen LogP contribution >= 0.6 is 11.3 Å². The summed E-state index contributed by atoms with van der Waals surface area (Å²) in [6.45, 7) is 0. The van der Waals surface area contributed by atoms with Gasteiger partial charge in [-0.3, -0.25) is 0 Å². The van der Waals surface area contributed by atoms with Gasteiger partial charge in [-0.15, -0.1) is 11.3 Å². The molecule has 0 saturated carbocycles. The van der Waals surface area contributed by atoms with Crippen LogP contribution in [0.5, 0.6) is 0 Å². The predicted octanol–water partition coefficient (Wildman–Crippen LogP) is 14.5. The van der Waals surface area contributed by atoms with Crippen LogP contribution in [-0.2, 0) is 0 Å². The van der Waals surface area contributed by atoms with E-state index in [0.717, 1.165) is 33.0 Å². The number of aromatic nitrogens is 3. The molecule has 9 aromatic carbocycles. The van der Waals surface area contributed by atoms with Crippen molar-refractivity contribution in [3.05, 3.63) is 200 Å². The van der Waals surface area contributed by atoms with Gasteiger partial charge in [0.05, 0.1) is 0 Å². The number of nitrogens with zero attached hydrogens (tertiary/aromatic N) is 3. The molecule has 0 atom stereocenters. The summed E-state index contributed by atoms with van der Waals surface area (Å²) >= 11 is 1.79. The van der Waals surface area contributed by atoms with E-state index < -0.39 is 0 Å². The molecule has 0 fully saturated rings. The van der Waals surface area contributed by atoms with Crippen molar-refractivity contribution in [2.24, 2.45) is 0 Å². The molecule has 11 rings (SSSR count). The predicted molar refractivity (Wildman–Crippen MR) is 240 cm³/mol. The van der Waals surface area contributed by atoms with Gasteiger partial charge in [-0.2, -0.15) is 0 Å². The van der Waals surface area contributed by atoms with Crippen LogP contribution in [0.25, 0.3) is 109 Å². The number of hydrogen-bond donors (Lipinski definition) is 0. The van der Waals surface area contributed by atoms with Crippen LogP contribution in [-0.4, -0.2) is 15.0 Å². The molecule has 0 amide bonds. The van der Waals surface area contributed by atoms with Gasteiger partial charge in [-0.1, -0.05) is 182 Å². The second-order valence-corrected chi connectivity index (χ2v) is 15.3. The molecule has 266 valence electrons. The highest BCUT2D eigenvalue weighted by Gasteiger charge is 2.21. The lowest BCUT2D eigenvalue weighted by molar-refractivity contribution is 1.08. The van der Waals surface area contributed by atoms with Crippen LogP contribution in [0, 0.1) is 0 Å². The van der Waals surface area contributed by atoms with Gasteiger partial charge in [0.2, 0.25) is 0 Å². The first kappa shape index (κ1) is 33.1. The molecule has 0 radical (unpaired) electrons. The van der Waals surface area contributed by atoms with Crippen LogP contribution in [0.1, 0.15) is 0 Å². The second-order valence-electron chi connectivity index (χ2n) is 14.3. The molecule has 0 aliphatic carbocycles. The number of rotatable bonds is 6. The number of thiophene rings is 1. The molecule has 4 heteroatoms. The fourth-order valence-electron chi connectivity index (χ4n) is 8.34. The maximum absolute atomic E-state index is 5.32. The monoisotopic (exact) mass is 743 g/mol. The Morgan fingerprint density at radius 3 is 1.60 bits per heavy atom. The minimum Gasteiger partial charge on any atom is -0.208 e. The average Bonchev–Trinajstić information content (AvgIpc) is 3.68. The summed E-state index contributed by atoms with van der Waals surface area (Å²) in [5, 5.41) is 7.09. The van der Waals surface area contributed by atoms with Gasteiger partial charge in [0.15, 0.2) is 17.5 Å². The van der Waals surface area contributed by atoms with Crippen molar-refractivity contribution in [1.29, 1.82) is 0 Å². The SMILES string of the molecule is c1ccc(-c2nc(-c3ccc(-c4c(-c5ccccc5-c5ccccc5)ccc5ccccc45)c4ccccc34)nc(-c3cccc4c3sc3ccccc34)n2)cc1. The van der Waals surface area contributed by atoms with Crippen LogP contribution < -0.4 is 0 Å². The Kier molecular flexibility index (Phi) is 8.01. The quantitative estimate of drug-likeness (QED) is 0.170. The zero-order chi connectivity index (χ0) is 37.7. The van der Waals surface area contributed by atoms with Crippen LogP contribution in [0.2, 0.25) is 0 Å². The Bertz CT molecular complexity index is 3300. The fourth-order valence-corrected chi connectivity index (χ4v) is 9.55. The van der Waals surface area contributed by atoms with Crippen LogP contribution in [0.4, 0.5) is 0 Å². The van der Waals surface area contributed by atoms with E-state index in [4.69, 9.17) is 15.0 Å². The maximum Gasteiger partial charge on any atom is 0.165 e. The molecule has 0 aliphatic heterocycles. The molecule has 2 aromatic heterocycles. The fraction of sp³-hybridized carbons (Fsp3) is 0. The lowest BCUT2D eigenvalue weighted by Crippen LogP contribution is -2.01. The Balaban J connectivity index is 1.16. The second kappa shape index (κ2) is 13.8. The Labute approximate surface area is 334 Å². The minimum absolute atomic E-state index is 0.646. The summed E-state index contributed by atoms with van der Waals surface area (Å²) in [4.78, 5) is 15.7. The van der Waals surface area contributed by atoms with E-state index in [-0.39, 0.29) is 0 Å². The topological polar surface area (TPSA) is 38.7 Å². The third kappa shape index (κ3) is 5.69. The van der Waals surface area contributed by atoms with Crippen LogP contribution in [0.3, 0.4) is 0 Å². The lowest BCUT2D eigenvalue weighted by Gasteiger charge is -2.19. The van der Waals surface area contributed by atoms with Gasteiger partial charge >= 0.3 is 0 Å². The summed E-state index contributed by atoms with van der Waals surface area (Å²) in [5.41, 5.74) is 10.1. The molecule has 3 nitrogen and oxygen atoms in total. The van der Waals surface area contributed by atoms with E-state index in [2.05, 4.69) is 182 Å². The lowest BCUT2D eigenvalue weighted by atomic mass is 9.84. The summed E-state index contributed by atoms with van der Waals surface area (Å²) in [6.07, 6.45) is 0. The molecule has 0 N–H and O–H groups in total. The average molecular weight is 744 g/mol. The summed E-state index contributed by atoms with van der Waals surface area (Å²) in [6, 6.07) is 71.1. The van der Waals surface area contributed by atoms with E-state index >= 15 is 0 Å². The number of fused-ring (bicyclic) bond motifs is 5.